The largest absolute Gasteiger partial charge is 0.327 e. The first kappa shape index (κ1) is 17.0. The van der Waals surface area contributed by atoms with Crippen LogP contribution in [0.3, 0.4) is 0 Å². The highest BCUT2D eigenvalue weighted by atomic mass is 35.5. The minimum Gasteiger partial charge on any atom is -0.327 e. The summed E-state index contributed by atoms with van der Waals surface area (Å²) >= 11 is 0. The standard InChI is InChI=1S/C15H23N3O.ClH/c1-11-4-3-5-13(8-11)17-15(19)10-18-7-6-14(16)12(2)9-18;/h3-5,8,12,14H,6-7,9-10,16H2,1-2H3,(H,17,19);1H. The molecule has 2 atom stereocenters. The molecular formula is C15H24ClN3O. The SMILES string of the molecule is Cc1cccc(NC(=O)CN2CCC(N)C(C)C2)c1.Cl. The van der Waals surface area contributed by atoms with Crippen molar-refractivity contribution in [1.29, 1.82) is 0 Å². The van der Waals surface area contributed by atoms with Crippen LogP contribution in [-0.2, 0) is 4.79 Å². The van der Waals surface area contributed by atoms with Crippen LogP contribution in [0.4, 0.5) is 5.69 Å². The minimum absolute atomic E-state index is 0. The first-order valence-corrected chi connectivity index (χ1v) is 6.89. The highest BCUT2D eigenvalue weighted by molar-refractivity contribution is 5.92. The van der Waals surface area contributed by atoms with Crippen LogP contribution in [0.1, 0.15) is 18.9 Å². The maximum absolute atomic E-state index is 12.0. The first-order valence-electron chi connectivity index (χ1n) is 6.89. The Labute approximate surface area is 127 Å². The average molecular weight is 298 g/mol. The number of piperidine rings is 1. The van der Waals surface area contributed by atoms with Crippen molar-refractivity contribution in [3.05, 3.63) is 29.8 Å². The van der Waals surface area contributed by atoms with Gasteiger partial charge in [0, 0.05) is 24.8 Å². The van der Waals surface area contributed by atoms with Gasteiger partial charge in [0.2, 0.25) is 5.91 Å². The Kier molecular flexibility index (Phi) is 6.46. The molecule has 3 N–H and O–H groups in total. The van der Waals surface area contributed by atoms with Gasteiger partial charge in [0.05, 0.1) is 6.54 Å². The molecule has 2 rings (SSSR count). The predicted octanol–water partition coefficient (Wildman–Crippen LogP) is 2.02. The number of anilines is 1. The van der Waals surface area contributed by atoms with Crippen LogP contribution < -0.4 is 11.1 Å². The quantitative estimate of drug-likeness (QED) is 0.897. The zero-order valence-electron chi connectivity index (χ0n) is 12.1. The van der Waals surface area contributed by atoms with Gasteiger partial charge in [-0.1, -0.05) is 19.1 Å². The Balaban J connectivity index is 0.00000200. The summed E-state index contributed by atoms with van der Waals surface area (Å²) in [6.07, 6.45) is 0.971. The molecule has 1 aliphatic heterocycles. The van der Waals surface area contributed by atoms with Crippen LogP contribution >= 0.6 is 12.4 Å². The van der Waals surface area contributed by atoms with Gasteiger partial charge in [-0.3, -0.25) is 9.69 Å². The number of hydrogen-bond acceptors (Lipinski definition) is 3. The summed E-state index contributed by atoms with van der Waals surface area (Å²) in [4.78, 5) is 14.2. The van der Waals surface area contributed by atoms with Crippen molar-refractivity contribution in [3.63, 3.8) is 0 Å². The van der Waals surface area contributed by atoms with Crippen LogP contribution in [0.25, 0.3) is 0 Å². The molecule has 1 aromatic carbocycles. The Morgan fingerprint density at radius 3 is 2.90 bits per heavy atom. The number of carbonyl (C=O) groups excluding carboxylic acids is 1. The lowest BCUT2D eigenvalue weighted by atomic mass is 9.95. The maximum Gasteiger partial charge on any atom is 0.238 e. The molecule has 0 aliphatic carbocycles. The molecule has 2 unspecified atom stereocenters. The molecule has 5 heteroatoms. The topological polar surface area (TPSA) is 58.4 Å². The Morgan fingerprint density at radius 1 is 1.50 bits per heavy atom. The second kappa shape index (κ2) is 7.62. The molecule has 112 valence electrons. The van der Waals surface area contributed by atoms with Crippen LogP contribution in [0.5, 0.6) is 0 Å². The zero-order chi connectivity index (χ0) is 13.8. The zero-order valence-corrected chi connectivity index (χ0v) is 13.0. The number of nitrogens with zero attached hydrogens (tertiary/aromatic N) is 1. The minimum atomic E-state index is 0. The van der Waals surface area contributed by atoms with Crippen molar-refractivity contribution in [1.82, 2.24) is 4.90 Å². The van der Waals surface area contributed by atoms with Crippen LogP contribution in [0.2, 0.25) is 0 Å². The van der Waals surface area contributed by atoms with Gasteiger partial charge in [-0.2, -0.15) is 0 Å². The van der Waals surface area contributed by atoms with Crippen molar-refractivity contribution >= 4 is 24.0 Å². The molecule has 0 saturated carbocycles. The average Bonchev–Trinajstić information content (AvgIpc) is 2.34. The summed E-state index contributed by atoms with van der Waals surface area (Å²) in [6, 6.07) is 8.14. The third-order valence-electron chi connectivity index (χ3n) is 3.72. The normalized spacial score (nSPS) is 22.9. The predicted molar refractivity (Wildman–Crippen MR) is 85.3 cm³/mol. The van der Waals surface area contributed by atoms with Gasteiger partial charge in [0.25, 0.3) is 0 Å². The third-order valence-corrected chi connectivity index (χ3v) is 3.72. The summed E-state index contributed by atoms with van der Waals surface area (Å²) in [7, 11) is 0. The number of carbonyl (C=O) groups is 1. The Morgan fingerprint density at radius 2 is 2.25 bits per heavy atom. The van der Waals surface area contributed by atoms with E-state index in [1.165, 1.54) is 0 Å². The van der Waals surface area contributed by atoms with Crippen LogP contribution in [0.15, 0.2) is 24.3 Å². The van der Waals surface area contributed by atoms with Crippen molar-refractivity contribution in [2.75, 3.05) is 25.0 Å². The number of nitrogens with two attached hydrogens (primary N) is 1. The van der Waals surface area contributed by atoms with E-state index in [9.17, 15) is 4.79 Å². The molecule has 1 heterocycles. The van der Waals surface area contributed by atoms with Gasteiger partial charge in [-0.05, 0) is 37.0 Å². The highest BCUT2D eigenvalue weighted by Crippen LogP contribution is 2.15. The van der Waals surface area contributed by atoms with Gasteiger partial charge in [-0.15, -0.1) is 12.4 Å². The van der Waals surface area contributed by atoms with Gasteiger partial charge in [-0.25, -0.2) is 0 Å². The summed E-state index contributed by atoms with van der Waals surface area (Å²) in [5.74, 6) is 0.508. The van der Waals surface area contributed by atoms with Crippen molar-refractivity contribution in [2.45, 2.75) is 26.3 Å². The highest BCUT2D eigenvalue weighted by Gasteiger charge is 2.24. The Bertz CT molecular complexity index is 452. The monoisotopic (exact) mass is 297 g/mol. The van der Waals surface area contributed by atoms with Gasteiger partial charge >= 0.3 is 0 Å². The van der Waals surface area contributed by atoms with Crippen LogP contribution in [-0.4, -0.2) is 36.5 Å². The van der Waals surface area contributed by atoms with E-state index in [0.29, 0.717) is 12.5 Å². The smallest absolute Gasteiger partial charge is 0.238 e. The summed E-state index contributed by atoms with van der Waals surface area (Å²) in [6.45, 7) is 6.43. The molecule has 1 amide bonds. The number of rotatable bonds is 3. The fraction of sp³-hybridized carbons (Fsp3) is 0.533. The van der Waals surface area contributed by atoms with E-state index < -0.39 is 0 Å². The molecule has 1 aromatic rings. The summed E-state index contributed by atoms with van der Waals surface area (Å²) in [5.41, 5.74) is 8.00. The first-order chi connectivity index (χ1) is 9.04. The van der Waals surface area contributed by atoms with Gasteiger partial charge in [0.1, 0.15) is 0 Å². The Hall–Kier alpha value is -1.10. The molecule has 1 fully saturated rings. The van der Waals surface area contributed by atoms with E-state index in [-0.39, 0.29) is 24.4 Å². The lowest BCUT2D eigenvalue weighted by Crippen LogP contribution is -2.48. The summed E-state index contributed by atoms with van der Waals surface area (Å²) < 4.78 is 0. The van der Waals surface area contributed by atoms with Crippen molar-refractivity contribution in [2.24, 2.45) is 11.7 Å². The number of aryl methyl sites for hydroxylation is 1. The van der Waals surface area contributed by atoms with Crippen molar-refractivity contribution in [3.8, 4) is 0 Å². The summed E-state index contributed by atoms with van der Waals surface area (Å²) in [5, 5.41) is 2.94. The molecule has 1 aliphatic rings. The van der Waals surface area contributed by atoms with E-state index >= 15 is 0 Å². The van der Waals surface area contributed by atoms with Gasteiger partial charge in [0.15, 0.2) is 0 Å². The van der Waals surface area contributed by atoms with E-state index in [1.807, 2.05) is 31.2 Å². The molecule has 0 bridgehead atoms. The second-order valence-electron chi connectivity index (χ2n) is 5.58. The molecule has 1 saturated heterocycles. The lowest BCUT2D eigenvalue weighted by molar-refractivity contribution is -0.117. The molecule has 4 nitrogen and oxygen atoms in total. The molecule has 0 spiro atoms. The lowest BCUT2D eigenvalue weighted by Gasteiger charge is -2.34. The van der Waals surface area contributed by atoms with E-state index in [4.69, 9.17) is 5.73 Å². The number of nitrogens with one attached hydrogen (secondary N) is 1. The van der Waals surface area contributed by atoms with Crippen molar-refractivity contribution < 1.29 is 4.79 Å². The fourth-order valence-electron chi connectivity index (χ4n) is 2.52. The van der Waals surface area contributed by atoms with Crippen LogP contribution in [0, 0.1) is 12.8 Å². The molecule has 0 aromatic heterocycles. The number of benzene rings is 1. The third kappa shape index (κ3) is 4.78. The molecule has 0 radical (unpaired) electrons. The number of amides is 1. The number of likely N-dealkylation sites (tertiary alicyclic amines) is 1. The number of hydrogen-bond donors (Lipinski definition) is 2. The van der Waals surface area contributed by atoms with E-state index in [1.54, 1.807) is 0 Å². The molecular weight excluding hydrogens is 274 g/mol. The second-order valence-corrected chi connectivity index (χ2v) is 5.58. The fourth-order valence-corrected chi connectivity index (χ4v) is 2.52. The number of halogens is 1. The molecule has 20 heavy (non-hydrogen) atoms. The van der Waals surface area contributed by atoms with E-state index in [0.717, 1.165) is 30.8 Å². The van der Waals surface area contributed by atoms with Gasteiger partial charge < -0.3 is 11.1 Å². The van der Waals surface area contributed by atoms with E-state index in [2.05, 4.69) is 17.1 Å². The maximum atomic E-state index is 12.0.